The standard InChI is InChI=1S/C13H16Cl3NO9/c1-4(18)23-7-6(20)8(24-5(2)19)11(25-9(7)10(21)22-3)26-12(17)13(14,15)16/h6-9,11,17,20H,1-3H3/t6-,7-,8+,9-,11+/m0/s1. The number of aliphatic hydroxyl groups excluding tert-OH is 1. The van der Waals surface area contributed by atoms with Gasteiger partial charge in [0, 0.05) is 13.8 Å². The molecule has 0 spiro atoms. The molecule has 0 amide bonds. The van der Waals surface area contributed by atoms with Gasteiger partial charge >= 0.3 is 17.9 Å². The maximum Gasteiger partial charge on any atom is 0.339 e. The van der Waals surface area contributed by atoms with Crippen molar-refractivity contribution in [1.29, 1.82) is 5.41 Å². The topological polar surface area (TPSA) is 141 Å². The van der Waals surface area contributed by atoms with E-state index in [0.29, 0.717) is 0 Å². The second-order valence-corrected chi connectivity index (χ2v) is 7.31. The van der Waals surface area contributed by atoms with E-state index in [0.717, 1.165) is 21.0 Å². The first-order valence-electron chi connectivity index (χ1n) is 6.96. The molecule has 26 heavy (non-hydrogen) atoms. The third-order valence-electron chi connectivity index (χ3n) is 3.05. The highest BCUT2D eigenvalue weighted by Gasteiger charge is 2.54. The van der Waals surface area contributed by atoms with E-state index in [1.54, 1.807) is 0 Å². The molecule has 148 valence electrons. The average molecular weight is 437 g/mol. The molecule has 0 aromatic rings. The van der Waals surface area contributed by atoms with Crippen LogP contribution < -0.4 is 0 Å². The molecule has 1 aliphatic rings. The van der Waals surface area contributed by atoms with Crippen molar-refractivity contribution in [3.63, 3.8) is 0 Å². The number of alkyl halides is 3. The Bertz CT molecular complexity index is 580. The summed E-state index contributed by atoms with van der Waals surface area (Å²) >= 11 is 16.5. The van der Waals surface area contributed by atoms with Crippen LogP contribution in [0.5, 0.6) is 0 Å². The van der Waals surface area contributed by atoms with Crippen LogP contribution in [-0.4, -0.2) is 70.5 Å². The minimum Gasteiger partial charge on any atom is -0.467 e. The van der Waals surface area contributed by atoms with Crippen LogP contribution in [0.2, 0.25) is 0 Å². The number of nitrogens with one attached hydrogen (secondary N) is 1. The predicted octanol–water partition coefficient (Wildman–Crippen LogP) is 0.473. The van der Waals surface area contributed by atoms with Gasteiger partial charge in [0.15, 0.2) is 18.3 Å². The van der Waals surface area contributed by atoms with Crippen LogP contribution in [0, 0.1) is 5.41 Å². The molecule has 10 nitrogen and oxygen atoms in total. The van der Waals surface area contributed by atoms with Crippen LogP contribution in [0.15, 0.2) is 0 Å². The first kappa shape index (κ1) is 22.7. The van der Waals surface area contributed by atoms with Gasteiger partial charge in [0.25, 0.3) is 3.79 Å². The summed E-state index contributed by atoms with van der Waals surface area (Å²) in [6.45, 7) is 2.06. The summed E-state index contributed by atoms with van der Waals surface area (Å²) in [4.78, 5) is 34.5. The molecule has 0 saturated carbocycles. The number of carbonyl (C=O) groups excluding carboxylic acids is 3. The summed E-state index contributed by atoms with van der Waals surface area (Å²) in [5.41, 5.74) is 0. The Morgan fingerprint density at radius 1 is 1.04 bits per heavy atom. The number of rotatable bonds is 4. The van der Waals surface area contributed by atoms with Crippen LogP contribution in [0.1, 0.15) is 13.8 Å². The summed E-state index contributed by atoms with van der Waals surface area (Å²) < 4.78 is 22.3. The molecule has 0 radical (unpaired) electrons. The molecule has 1 fully saturated rings. The lowest BCUT2D eigenvalue weighted by Gasteiger charge is -2.41. The van der Waals surface area contributed by atoms with Gasteiger partial charge < -0.3 is 28.8 Å². The molecule has 1 saturated heterocycles. The number of methoxy groups -OCH3 is 1. The van der Waals surface area contributed by atoms with E-state index in [1.807, 2.05) is 0 Å². The lowest BCUT2D eigenvalue weighted by Crippen LogP contribution is -2.63. The molecule has 13 heteroatoms. The number of ether oxygens (including phenoxy) is 5. The van der Waals surface area contributed by atoms with Crippen molar-refractivity contribution in [2.24, 2.45) is 0 Å². The first-order chi connectivity index (χ1) is 11.9. The molecule has 0 aromatic carbocycles. The molecule has 1 aliphatic heterocycles. The van der Waals surface area contributed by atoms with Crippen LogP contribution >= 0.6 is 34.8 Å². The molecule has 0 unspecified atom stereocenters. The molecule has 1 heterocycles. The normalized spacial score (nSPS) is 28.7. The summed E-state index contributed by atoms with van der Waals surface area (Å²) in [5.74, 6) is -3.65. The largest absolute Gasteiger partial charge is 0.467 e. The second-order valence-electron chi connectivity index (χ2n) is 5.03. The molecular weight excluding hydrogens is 421 g/mol. The molecule has 5 atom stereocenters. The van der Waals surface area contributed by atoms with Crippen molar-refractivity contribution in [3.05, 3.63) is 0 Å². The Kier molecular flexibility index (Phi) is 7.90. The SMILES string of the molecule is COC(=O)[C@H]1O[C@H](OC(=N)C(Cl)(Cl)Cl)[C@H](OC(C)=O)[C@@H](O)[C@@H]1OC(C)=O. The fourth-order valence-corrected chi connectivity index (χ4v) is 2.18. The van der Waals surface area contributed by atoms with Gasteiger partial charge in [-0.05, 0) is 0 Å². The maximum absolute atomic E-state index is 11.9. The third-order valence-corrected chi connectivity index (χ3v) is 3.56. The molecular formula is C13H16Cl3NO9. The number of aliphatic hydroxyl groups is 1. The zero-order valence-electron chi connectivity index (χ0n) is 13.7. The van der Waals surface area contributed by atoms with Crippen molar-refractivity contribution < 1.29 is 43.2 Å². The summed E-state index contributed by atoms with van der Waals surface area (Å²) in [6.07, 6.45) is -8.34. The van der Waals surface area contributed by atoms with Crippen LogP contribution in [0.4, 0.5) is 0 Å². The number of hydrogen-bond acceptors (Lipinski definition) is 10. The van der Waals surface area contributed by atoms with Gasteiger partial charge in [0.05, 0.1) is 7.11 Å². The minimum atomic E-state index is -2.29. The molecule has 1 rings (SSSR count). The van der Waals surface area contributed by atoms with E-state index >= 15 is 0 Å². The number of carbonyl (C=O) groups is 3. The van der Waals surface area contributed by atoms with Crippen molar-refractivity contribution in [2.45, 2.75) is 48.3 Å². The monoisotopic (exact) mass is 435 g/mol. The highest BCUT2D eigenvalue weighted by Crippen LogP contribution is 2.32. The molecule has 2 N–H and O–H groups in total. The Morgan fingerprint density at radius 2 is 1.54 bits per heavy atom. The molecule has 0 aromatic heterocycles. The Hall–Kier alpha value is -1.33. The summed E-state index contributed by atoms with van der Waals surface area (Å²) in [6, 6.07) is 0. The van der Waals surface area contributed by atoms with Crippen molar-refractivity contribution in [2.75, 3.05) is 7.11 Å². The van der Waals surface area contributed by atoms with Crippen LogP contribution in [0.25, 0.3) is 0 Å². The Labute approximate surface area is 163 Å². The van der Waals surface area contributed by atoms with Crippen molar-refractivity contribution >= 4 is 58.6 Å². The van der Waals surface area contributed by atoms with E-state index < -0.39 is 58.3 Å². The molecule has 0 bridgehead atoms. The zero-order chi connectivity index (χ0) is 20.2. The van der Waals surface area contributed by atoms with Gasteiger partial charge in [0.1, 0.15) is 6.10 Å². The smallest absolute Gasteiger partial charge is 0.339 e. The van der Waals surface area contributed by atoms with E-state index in [-0.39, 0.29) is 0 Å². The Morgan fingerprint density at radius 3 is 1.96 bits per heavy atom. The zero-order valence-corrected chi connectivity index (χ0v) is 16.0. The van der Waals surface area contributed by atoms with Crippen molar-refractivity contribution in [3.8, 4) is 0 Å². The predicted molar refractivity (Wildman–Crippen MR) is 86.9 cm³/mol. The maximum atomic E-state index is 11.9. The summed E-state index contributed by atoms with van der Waals surface area (Å²) in [5, 5.41) is 18.0. The van der Waals surface area contributed by atoms with E-state index in [9.17, 15) is 19.5 Å². The van der Waals surface area contributed by atoms with E-state index in [4.69, 9.17) is 59.2 Å². The number of hydrogen-bond donors (Lipinski definition) is 2. The second kappa shape index (κ2) is 9.05. The quantitative estimate of drug-likeness (QED) is 0.211. The highest BCUT2D eigenvalue weighted by molar-refractivity contribution is 6.76. The lowest BCUT2D eigenvalue weighted by atomic mass is 9.98. The van der Waals surface area contributed by atoms with Gasteiger partial charge in [-0.25, -0.2) is 4.79 Å². The average Bonchev–Trinajstić information content (AvgIpc) is 2.50. The van der Waals surface area contributed by atoms with Gasteiger partial charge in [-0.2, -0.15) is 0 Å². The lowest BCUT2D eigenvalue weighted by molar-refractivity contribution is -0.282. The summed E-state index contributed by atoms with van der Waals surface area (Å²) in [7, 11) is 1.03. The molecule has 0 aliphatic carbocycles. The van der Waals surface area contributed by atoms with Gasteiger partial charge in [-0.3, -0.25) is 15.0 Å². The van der Waals surface area contributed by atoms with E-state index in [1.165, 1.54) is 0 Å². The fraction of sp³-hybridized carbons (Fsp3) is 0.692. The fourth-order valence-electron chi connectivity index (χ4n) is 2.05. The Balaban J connectivity index is 3.20. The van der Waals surface area contributed by atoms with Gasteiger partial charge in [-0.1, -0.05) is 34.8 Å². The first-order valence-corrected chi connectivity index (χ1v) is 8.10. The third kappa shape index (κ3) is 5.85. The van der Waals surface area contributed by atoms with Crippen molar-refractivity contribution in [1.82, 2.24) is 0 Å². The van der Waals surface area contributed by atoms with Gasteiger partial charge in [0.2, 0.25) is 12.2 Å². The van der Waals surface area contributed by atoms with Gasteiger partial charge in [-0.15, -0.1) is 0 Å². The van der Waals surface area contributed by atoms with Crippen LogP contribution in [0.3, 0.4) is 0 Å². The minimum absolute atomic E-state index is 0.846. The van der Waals surface area contributed by atoms with Crippen LogP contribution in [-0.2, 0) is 38.1 Å². The number of esters is 3. The van der Waals surface area contributed by atoms with E-state index in [2.05, 4.69) is 4.74 Å². The number of halogens is 3. The highest BCUT2D eigenvalue weighted by atomic mass is 35.6.